The number of nitrogens with one attached hydrogen (secondary N) is 1. The number of carboxylic acids is 1. The number of carboxylic acid groups (broad SMARTS) is 1. The van der Waals surface area contributed by atoms with Crippen LogP contribution in [-0.4, -0.2) is 60.8 Å². The van der Waals surface area contributed by atoms with E-state index >= 15 is 0 Å². The van der Waals surface area contributed by atoms with E-state index < -0.39 is 29.0 Å². The van der Waals surface area contributed by atoms with Crippen LogP contribution in [0.25, 0.3) is 5.65 Å². The van der Waals surface area contributed by atoms with Crippen molar-refractivity contribution in [3.63, 3.8) is 0 Å². The number of hydrogen-bond donors (Lipinski definition) is 3. The molecule has 30 heavy (non-hydrogen) atoms. The number of aliphatic hydroxyl groups excluding tert-OH is 1. The Morgan fingerprint density at radius 3 is 2.73 bits per heavy atom. The summed E-state index contributed by atoms with van der Waals surface area (Å²) in [4.78, 5) is 43.6. The Kier molecular flexibility index (Phi) is 4.90. The van der Waals surface area contributed by atoms with Crippen LogP contribution in [0.5, 0.6) is 0 Å². The number of rotatable bonds is 4. The Morgan fingerprint density at radius 2 is 2.03 bits per heavy atom. The van der Waals surface area contributed by atoms with Gasteiger partial charge in [-0.1, -0.05) is 30.3 Å². The maximum Gasteiger partial charge on any atom is 0.314 e. The number of carbonyl (C=O) groups is 2. The summed E-state index contributed by atoms with van der Waals surface area (Å²) in [5, 5.41) is 23.5. The number of aliphatic hydroxyl groups is 1. The molecule has 3 aromatic rings. The molecule has 9 heteroatoms. The van der Waals surface area contributed by atoms with Gasteiger partial charge in [0, 0.05) is 31.0 Å². The average Bonchev–Trinajstić information content (AvgIpc) is 3.11. The molecule has 0 radical (unpaired) electrons. The van der Waals surface area contributed by atoms with Crippen LogP contribution in [0.3, 0.4) is 0 Å². The molecular formula is C21H22N4O5. The molecule has 0 aliphatic carbocycles. The number of hydrogen-bond acceptors (Lipinski definition) is 5. The first-order chi connectivity index (χ1) is 14.3. The summed E-state index contributed by atoms with van der Waals surface area (Å²) in [6, 6.07) is 10.7. The van der Waals surface area contributed by atoms with Crippen LogP contribution >= 0.6 is 0 Å². The molecule has 1 amide bonds. The molecule has 3 N–H and O–H groups in total. The zero-order valence-corrected chi connectivity index (χ0v) is 16.4. The molecule has 1 saturated heterocycles. The molecule has 2 aromatic heterocycles. The molecule has 3 heterocycles. The molecule has 1 aromatic carbocycles. The van der Waals surface area contributed by atoms with Crippen LogP contribution in [-0.2, 0) is 11.2 Å². The molecule has 0 spiro atoms. The van der Waals surface area contributed by atoms with Crippen molar-refractivity contribution in [2.24, 2.45) is 5.41 Å². The maximum atomic E-state index is 13.1. The Hall–Kier alpha value is -3.46. The molecular weight excluding hydrogens is 388 g/mol. The number of piperidine rings is 1. The number of aromatic nitrogens is 3. The third-order valence-electron chi connectivity index (χ3n) is 5.71. The minimum Gasteiger partial charge on any atom is -0.481 e. The highest BCUT2D eigenvalue weighted by Crippen LogP contribution is 2.35. The fraction of sp³-hybridized carbons (Fsp3) is 0.333. The second-order valence-electron chi connectivity index (χ2n) is 7.76. The van der Waals surface area contributed by atoms with E-state index in [1.165, 1.54) is 15.6 Å². The van der Waals surface area contributed by atoms with E-state index in [0.29, 0.717) is 5.65 Å². The molecule has 0 unspecified atom stereocenters. The lowest BCUT2D eigenvalue weighted by Gasteiger charge is -2.43. The number of aromatic amines is 1. The van der Waals surface area contributed by atoms with E-state index in [0.717, 1.165) is 11.3 Å². The van der Waals surface area contributed by atoms with Crippen molar-refractivity contribution in [1.82, 2.24) is 19.5 Å². The van der Waals surface area contributed by atoms with Gasteiger partial charge in [-0.05, 0) is 25.3 Å². The van der Waals surface area contributed by atoms with Gasteiger partial charge in [0.15, 0.2) is 5.65 Å². The number of fused-ring (bicyclic) bond motifs is 1. The van der Waals surface area contributed by atoms with Crippen molar-refractivity contribution in [2.75, 3.05) is 13.1 Å². The Balaban J connectivity index is 1.68. The van der Waals surface area contributed by atoms with Crippen LogP contribution in [0.2, 0.25) is 0 Å². The van der Waals surface area contributed by atoms with E-state index in [4.69, 9.17) is 0 Å². The van der Waals surface area contributed by atoms with E-state index in [9.17, 15) is 24.6 Å². The van der Waals surface area contributed by atoms with Crippen molar-refractivity contribution in [1.29, 1.82) is 0 Å². The second-order valence-corrected chi connectivity index (χ2v) is 7.76. The van der Waals surface area contributed by atoms with Crippen LogP contribution in [0, 0.1) is 12.3 Å². The fourth-order valence-corrected chi connectivity index (χ4v) is 4.07. The second kappa shape index (κ2) is 7.42. The van der Waals surface area contributed by atoms with E-state index in [1.807, 2.05) is 6.07 Å². The summed E-state index contributed by atoms with van der Waals surface area (Å²) >= 11 is 0. The number of likely N-dealkylation sites (tertiary alicyclic amines) is 1. The Bertz CT molecular complexity index is 1170. The number of amides is 1. The molecule has 4 rings (SSSR count). The predicted molar refractivity (Wildman–Crippen MR) is 107 cm³/mol. The van der Waals surface area contributed by atoms with E-state index in [2.05, 4.69) is 10.1 Å². The zero-order valence-electron chi connectivity index (χ0n) is 16.4. The predicted octanol–water partition coefficient (Wildman–Crippen LogP) is 0.852. The van der Waals surface area contributed by atoms with Gasteiger partial charge in [-0.15, -0.1) is 0 Å². The molecule has 1 fully saturated rings. The largest absolute Gasteiger partial charge is 0.481 e. The van der Waals surface area contributed by atoms with Gasteiger partial charge in [0.05, 0.1) is 6.10 Å². The van der Waals surface area contributed by atoms with Crippen molar-refractivity contribution >= 4 is 17.5 Å². The van der Waals surface area contributed by atoms with Crippen LogP contribution in [0.4, 0.5) is 0 Å². The van der Waals surface area contributed by atoms with Gasteiger partial charge in [-0.2, -0.15) is 0 Å². The van der Waals surface area contributed by atoms with Gasteiger partial charge in [0.1, 0.15) is 11.0 Å². The number of benzene rings is 1. The third-order valence-corrected chi connectivity index (χ3v) is 5.71. The average molecular weight is 410 g/mol. The van der Waals surface area contributed by atoms with Crippen molar-refractivity contribution in [3.05, 3.63) is 69.8 Å². The van der Waals surface area contributed by atoms with E-state index in [1.54, 1.807) is 37.3 Å². The SMILES string of the molecule is Cc1cc2ncc(C(=O)N3CC[C@H](O)[C@](Cc4ccccc4)(C(=O)O)C3)c(=O)n2[nH]1. The van der Waals surface area contributed by atoms with E-state index in [-0.39, 0.29) is 31.5 Å². The van der Waals surface area contributed by atoms with Gasteiger partial charge in [0.25, 0.3) is 11.5 Å². The first kappa shape index (κ1) is 19.8. The highest BCUT2D eigenvalue weighted by molar-refractivity contribution is 5.94. The standard InChI is InChI=1S/C21H22N4O5/c1-13-9-17-22-11-15(19(28)25(17)23-13)18(27)24-8-7-16(26)21(12-24,20(29)30)10-14-5-3-2-4-6-14/h2-6,9,11,16,23,26H,7-8,10,12H2,1H3,(H,29,30)/t16-,21+/m0/s1. The summed E-state index contributed by atoms with van der Waals surface area (Å²) in [6.45, 7) is 1.71. The minimum atomic E-state index is -1.56. The summed E-state index contributed by atoms with van der Waals surface area (Å²) < 4.78 is 1.19. The van der Waals surface area contributed by atoms with Gasteiger partial charge < -0.3 is 15.1 Å². The molecule has 9 nitrogen and oxygen atoms in total. The first-order valence-electron chi connectivity index (χ1n) is 9.64. The van der Waals surface area contributed by atoms with Crippen molar-refractivity contribution in [2.45, 2.75) is 25.9 Å². The molecule has 0 bridgehead atoms. The number of carbonyl (C=O) groups excluding carboxylic acids is 1. The topological polar surface area (TPSA) is 128 Å². The van der Waals surface area contributed by atoms with Gasteiger partial charge in [0.2, 0.25) is 0 Å². The smallest absolute Gasteiger partial charge is 0.314 e. The fourth-order valence-electron chi connectivity index (χ4n) is 4.07. The van der Waals surface area contributed by atoms with Crippen molar-refractivity contribution in [3.8, 4) is 0 Å². The van der Waals surface area contributed by atoms with Gasteiger partial charge in [-0.25, -0.2) is 9.50 Å². The number of aliphatic carboxylic acids is 1. The van der Waals surface area contributed by atoms with Crippen LogP contribution < -0.4 is 5.56 Å². The number of H-pyrrole nitrogens is 1. The third kappa shape index (κ3) is 3.26. The quantitative estimate of drug-likeness (QED) is 0.585. The summed E-state index contributed by atoms with van der Waals surface area (Å²) in [7, 11) is 0. The highest BCUT2D eigenvalue weighted by atomic mass is 16.4. The Labute approximate surface area is 171 Å². The number of aryl methyl sites for hydroxylation is 1. The normalized spacial score (nSPS) is 21.7. The molecule has 156 valence electrons. The Morgan fingerprint density at radius 1 is 1.30 bits per heavy atom. The highest BCUT2D eigenvalue weighted by Gasteiger charge is 2.50. The van der Waals surface area contributed by atoms with Crippen LogP contribution in [0.1, 0.15) is 28.0 Å². The summed E-state index contributed by atoms with van der Waals surface area (Å²) in [5.41, 5.74) is -0.396. The number of nitrogens with zero attached hydrogens (tertiary/aromatic N) is 3. The summed E-state index contributed by atoms with van der Waals surface area (Å²) in [6.07, 6.45) is 0.272. The summed E-state index contributed by atoms with van der Waals surface area (Å²) in [5.74, 6) is -1.78. The molecule has 2 atom stereocenters. The van der Waals surface area contributed by atoms with Gasteiger partial charge in [-0.3, -0.25) is 19.5 Å². The lowest BCUT2D eigenvalue weighted by molar-refractivity contribution is -0.161. The maximum absolute atomic E-state index is 13.1. The van der Waals surface area contributed by atoms with Gasteiger partial charge >= 0.3 is 5.97 Å². The minimum absolute atomic E-state index is 0.0697. The molecule has 1 aliphatic rings. The lowest BCUT2D eigenvalue weighted by atomic mass is 9.72. The van der Waals surface area contributed by atoms with Crippen LogP contribution in [0.15, 0.2) is 47.4 Å². The monoisotopic (exact) mass is 410 g/mol. The lowest BCUT2D eigenvalue weighted by Crippen LogP contribution is -2.58. The van der Waals surface area contributed by atoms with Crippen molar-refractivity contribution < 1.29 is 19.8 Å². The molecule has 1 aliphatic heterocycles. The zero-order chi connectivity index (χ0) is 21.5. The first-order valence-corrected chi connectivity index (χ1v) is 9.64. The molecule has 0 saturated carbocycles.